The monoisotopic (exact) mass is 237 g/mol. The molecule has 0 atom stereocenters. The summed E-state index contributed by atoms with van der Waals surface area (Å²) in [6, 6.07) is 5.58. The van der Waals surface area contributed by atoms with Gasteiger partial charge in [-0.3, -0.25) is 4.79 Å². The first kappa shape index (κ1) is 13.5. The number of rotatable bonds is 6. The molecule has 1 aromatic carbocycles. The van der Waals surface area contributed by atoms with Crippen LogP contribution in [0.4, 0.5) is 5.69 Å². The molecule has 0 fully saturated rings. The molecule has 0 unspecified atom stereocenters. The number of carbonyl (C=O) groups excluding carboxylic acids is 1. The van der Waals surface area contributed by atoms with Gasteiger partial charge in [-0.2, -0.15) is 0 Å². The van der Waals surface area contributed by atoms with Crippen molar-refractivity contribution in [2.24, 2.45) is 0 Å². The zero-order valence-corrected chi connectivity index (χ0v) is 10.6. The Morgan fingerprint density at radius 3 is 2.65 bits per heavy atom. The van der Waals surface area contributed by atoms with Crippen LogP contribution in [0.5, 0.6) is 5.75 Å². The molecule has 1 rings (SSSR count). The van der Waals surface area contributed by atoms with Crippen molar-refractivity contribution in [3.05, 3.63) is 23.8 Å². The standard InChI is InChI=1S/C13H19NO3/c1-4-16-9-13(15)14-12-7-6-11(17-5-2)8-10(12)3/h6-8H,4-5,9H2,1-3H3,(H,14,15). The van der Waals surface area contributed by atoms with Crippen molar-refractivity contribution < 1.29 is 14.3 Å². The largest absolute Gasteiger partial charge is 0.494 e. The molecule has 0 spiro atoms. The van der Waals surface area contributed by atoms with E-state index in [1.807, 2.05) is 39.0 Å². The number of hydrogen-bond acceptors (Lipinski definition) is 3. The molecule has 4 heteroatoms. The molecule has 0 aliphatic rings. The molecule has 1 amide bonds. The van der Waals surface area contributed by atoms with Crippen LogP contribution in [0.3, 0.4) is 0 Å². The lowest BCUT2D eigenvalue weighted by Gasteiger charge is -2.10. The minimum atomic E-state index is -0.140. The van der Waals surface area contributed by atoms with E-state index in [1.165, 1.54) is 0 Å². The van der Waals surface area contributed by atoms with Crippen LogP contribution in [0.25, 0.3) is 0 Å². The van der Waals surface area contributed by atoms with Crippen LogP contribution in [-0.2, 0) is 9.53 Å². The van der Waals surface area contributed by atoms with Crippen LogP contribution in [0.1, 0.15) is 19.4 Å². The first-order valence-electron chi connectivity index (χ1n) is 5.78. The van der Waals surface area contributed by atoms with Crippen LogP contribution >= 0.6 is 0 Å². The predicted octanol–water partition coefficient (Wildman–Crippen LogP) is 2.37. The molecule has 1 N–H and O–H groups in total. The smallest absolute Gasteiger partial charge is 0.250 e. The molecule has 0 aromatic heterocycles. The molecule has 17 heavy (non-hydrogen) atoms. The van der Waals surface area contributed by atoms with E-state index in [9.17, 15) is 4.79 Å². The van der Waals surface area contributed by atoms with Crippen molar-refractivity contribution in [2.75, 3.05) is 25.1 Å². The molecule has 0 saturated heterocycles. The molecule has 0 bridgehead atoms. The maximum absolute atomic E-state index is 11.5. The van der Waals surface area contributed by atoms with Crippen LogP contribution in [0.15, 0.2) is 18.2 Å². The number of nitrogens with one attached hydrogen (secondary N) is 1. The fourth-order valence-electron chi connectivity index (χ4n) is 1.41. The van der Waals surface area contributed by atoms with Gasteiger partial charge in [-0.05, 0) is 44.5 Å². The predicted molar refractivity (Wildman–Crippen MR) is 67.5 cm³/mol. The maximum atomic E-state index is 11.5. The molecule has 0 radical (unpaired) electrons. The van der Waals surface area contributed by atoms with Gasteiger partial charge in [0.1, 0.15) is 12.4 Å². The fraction of sp³-hybridized carbons (Fsp3) is 0.462. The van der Waals surface area contributed by atoms with Gasteiger partial charge in [-0.1, -0.05) is 0 Å². The highest BCUT2D eigenvalue weighted by Gasteiger charge is 2.05. The molecule has 4 nitrogen and oxygen atoms in total. The van der Waals surface area contributed by atoms with Crippen LogP contribution in [0, 0.1) is 6.92 Å². The van der Waals surface area contributed by atoms with Gasteiger partial charge in [-0.15, -0.1) is 0 Å². The summed E-state index contributed by atoms with van der Waals surface area (Å²) >= 11 is 0. The highest BCUT2D eigenvalue weighted by atomic mass is 16.5. The lowest BCUT2D eigenvalue weighted by molar-refractivity contribution is -0.120. The minimum Gasteiger partial charge on any atom is -0.494 e. The van der Waals surface area contributed by atoms with Crippen molar-refractivity contribution in [3.63, 3.8) is 0 Å². The van der Waals surface area contributed by atoms with Crippen LogP contribution in [0.2, 0.25) is 0 Å². The Hall–Kier alpha value is -1.55. The molecular formula is C13H19NO3. The summed E-state index contributed by atoms with van der Waals surface area (Å²) < 4.78 is 10.4. The van der Waals surface area contributed by atoms with Crippen LogP contribution in [-0.4, -0.2) is 25.7 Å². The average Bonchev–Trinajstić information content (AvgIpc) is 2.30. The summed E-state index contributed by atoms with van der Waals surface area (Å²) in [5.41, 5.74) is 1.76. The molecule has 0 aliphatic carbocycles. The first-order valence-corrected chi connectivity index (χ1v) is 5.78. The van der Waals surface area contributed by atoms with E-state index in [2.05, 4.69) is 5.32 Å². The third kappa shape index (κ3) is 4.44. The topological polar surface area (TPSA) is 47.6 Å². The Bertz CT molecular complexity index is 377. The van der Waals surface area contributed by atoms with E-state index in [1.54, 1.807) is 0 Å². The molecule has 0 saturated carbocycles. The Morgan fingerprint density at radius 2 is 2.06 bits per heavy atom. The lowest BCUT2D eigenvalue weighted by Crippen LogP contribution is -2.18. The molecule has 0 aliphatic heterocycles. The highest BCUT2D eigenvalue weighted by molar-refractivity contribution is 5.92. The van der Waals surface area contributed by atoms with Gasteiger partial charge < -0.3 is 14.8 Å². The maximum Gasteiger partial charge on any atom is 0.250 e. The summed E-state index contributed by atoms with van der Waals surface area (Å²) in [5.74, 6) is 0.673. The minimum absolute atomic E-state index is 0.0865. The van der Waals surface area contributed by atoms with Gasteiger partial charge in [0.25, 0.3) is 0 Å². The van der Waals surface area contributed by atoms with Gasteiger partial charge in [0.2, 0.25) is 5.91 Å². The van der Waals surface area contributed by atoms with E-state index >= 15 is 0 Å². The highest BCUT2D eigenvalue weighted by Crippen LogP contribution is 2.21. The third-order valence-corrected chi connectivity index (χ3v) is 2.22. The molecular weight excluding hydrogens is 218 g/mol. The zero-order chi connectivity index (χ0) is 12.7. The Balaban J connectivity index is 2.62. The number of ether oxygens (including phenoxy) is 2. The van der Waals surface area contributed by atoms with Crippen molar-refractivity contribution in [3.8, 4) is 5.75 Å². The second-order valence-corrected chi connectivity index (χ2v) is 3.60. The van der Waals surface area contributed by atoms with Gasteiger partial charge in [0, 0.05) is 12.3 Å². The quantitative estimate of drug-likeness (QED) is 0.826. The van der Waals surface area contributed by atoms with E-state index < -0.39 is 0 Å². The number of aryl methyl sites for hydroxylation is 1. The number of carbonyl (C=O) groups is 1. The number of anilines is 1. The number of hydrogen-bond donors (Lipinski definition) is 1. The normalized spacial score (nSPS) is 10.1. The van der Waals surface area contributed by atoms with Gasteiger partial charge in [0.15, 0.2) is 0 Å². The second kappa shape index (κ2) is 6.91. The second-order valence-electron chi connectivity index (χ2n) is 3.60. The molecule has 94 valence electrons. The van der Waals surface area contributed by atoms with Crippen LogP contribution < -0.4 is 10.1 Å². The summed E-state index contributed by atoms with van der Waals surface area (Å²) in [7, 11) is 0. The summed E-state index contributed by atoms with van der Waals surface area (Å²) in [4.78, 5) is 11.5. The van der Waals surface area contributed by atoms with E-state index in [0.717, 1.165) is 17.0 Å². The molecule has 1 aromatic rings. The molecule has 0 heterocycles. The van der Waals surface area contributed by atoms with Gasteiger partial charge in [-0.25, -0.2) is 0 Å². The van der Waals surface area contributed by atoms with Gasteiger partial charge in [0.05, 0.1) is 6.61 Å². The van der Waals surface area contributed by atoms with Crippen molar-refractivity contribution >= 4 is 11.6 Å². The first-order chi connectivity index (χ1) is 8.17. The van der Waals surface area contributed by atoms with E-state index in [0.29, 0.717) is 13.2 Å². The van der Waals surface area contributed by atoms with Crippen molar-refractivity contribution in [2.45, 2.75) is 20.8 Å². The van der Waals surface area contributed by atoms with E-state index in [4.69, 9.17) is 9.47 Å². The summed E-state index contributed by atoms with van der Waals surface area (Å²) in [6.07, 6.45) is 0. The van der Waals surface area contributed by atoms with E-state index in [-0.39, 0.29) is 12.5 Å². The third-order valence-electron chi connectivity index (χ3n) is 2.22. The SMILES string of the molecule is CCOCC(=O)Nc1ccc(OCC)cc1C. The average molecular weight is 237 g/mol. The fourth-order valence-corrected chi connectivity index (χ4v) is 1.41. The van der Waals surface area contributed by atoms with Crippen molar-refractivity contribution in [1.29, 1.82) is 0 Å². The Labute approximate surface area is 102 Å². The lowest BCUT2D eigenvalue weighted by atomic mass is 10.2. The van der Waals surface area contributed by atoms with Crippen molar-refractivity contribution in [1.82, 2.24) is 0 Å². The summed E-state index contributed by atoms with van der Waals surface area (Å²) in [6.45, 7) is 6.98. The van der Waals surface area contributed by atoms with Gasteiger partial charge >= 0.3 is 0 Å². The summed E-state index contributed by atoms with van der Waals surface area (Å²) in [5, 5.41) is 2.79. The zero-order valence-electron chi connectivity index (χ0n) is 10.6. The Morgan fingerprint density at radius 1 is 1.29 bits per heavy atom. The number of benzene rings is 1. The number of amides is 1. The Kier molecular flexibility index (Phi) is 5.49.